The Morgan fingerprint density at radius 2 is 1.67 bits per heavy atom. The summed E-state index contributed by atoms with van der Waals surface area (Å²) >= 11 is 0. The molecule has 0 radical (unpaired) electrons. The van der Waals surface area contributed by atoms with E-state index in [1.54, 1.807) is 13.8 Å². The highest BCUT2D eigenvalue weighted by Gasteiger charge is 1.80. The van der Waals surface area contributed by atoms with Crippen LogP contribution in [-0.2, 0) is 0 Å². The van der Waals surface area contributed by atoms with Crippen LogP contribution in [0.1, 0.15) is 21.3 Å². The van der Waals surface area contributed by atoms with Crippen molar-refractivity contribution in [3.8, 4) is 0 Å². The molecule has 0 N–H and O–H groups in total. The minimum absolute atomic E-state index is 0. The second kappa shape index (κ2) is 4.60. The van der Waals surface area contributed by atoms with E-state index in [1.165, 1.54) is 0 Å². The first kappa shape index (κ1) is 9.14. The van der Waals surface area contributed by atoms with E-state index in [2.05, 4.69) is 5.18 Å². The van der Waals surface area contributed by atoms with Crippen LogP contribution >= 0.6 is 0 Å². The Kier molecular flexibility index (Phi) is 7.01. The van der Waals surface area contributed by atoms with Gasteiger partial charge in [0.05, 0.1) is 6.04 Å². The summed E-state index contributed by atoms with van der Waals surface area (Å²) in [5, 5.41) is 2.64. The molecular formula is C4H11NO. The monoisotopic (exact) mass is 89.1 g/mol. The molecule has 0 atom stereocenters. The Morgan fingerprint density at radius 1 is 1.50 bits per heavy atom. The van der Waals surface area contributed by atoms with Crippen molar-refractivity contribution in [2.45, 2.75) is 27.3 Å². The Bertz CT molecular complexity index is 34.5. The maximum atomic E-state index is 9.25. The van der Waals surface area contributed by atoms with Crippen LogP contribution in [0.25, 0.3) is 0 Å². The van der Waals surface area contributed by atoms with E-state index in [0.717, 1.165) is 0 Å². The average molecular weight is 89.1 g/mol. The molecule has 0 aromatic carbocycles. The summed E-state index contributed by atoms with van der Waals surface area (Å²) in [7, 11) is 0. The van der Waals surface area contributed by atoms with Gasteiger partial charge in [-0.3, -0.25) is 0 Å². The van der Waals surface area contributed by atoms with Gasteiger partial charge in [0, 0.05) is 0 Å². The van der Waals surface area contributed by atoms with Crippen LogP contribution < -0.4 is 0 Å². The van der Waals surface area contributed by atoms with Crippen LogP contribution in [0.2, 0.25) is 0 Å². The lowest BCUT2D eigenvalue weighted by Gasteiger charge is -1.78. The first-order valence-corrected chi connectivity index (χ1v) is 1.60. The summed E-state index contributed by atoms with van der Waals surface area (Å²) in [6, 6.07) is -0.0463. The quantitative estimate of drug-likeness (QED) is 0.450. The smallest absolute Gasteiger partial charge is 0.0863 e. The van der Waals surface area contributed by atoms with Crippen molar-refractivity contribution in [1.29, 1.82) is 0 Å². The Labute approximate surface area is 38.5 Å². The van der Waals surface area contributed by atoms with E-state index in [1.807, 2.05) is 0 Å². The normalized spacial score (nSPS) is 7.17. The zero-order chi connectivity index (χ0) is 4.28. The molecule has 2 heteroatoms. The van der Waals surface area contributed by atoms with Gasteiger partial charge < -0.3 is 0 Å². The lowest BCUT2D eigenvalue weighted by atomic mass is 10.4. The van der Waals surface area contributed by atoms with Crippen molar-refractivity contribution in [3.05, 3.63) is 4.91 Å². The average Bonchev–Trinajstić information content (AvgIpc) is 1.38. The highest BCUT2D eigenvalue weighted by atomic mass is 16.3. The van der Waals surface area contributed by atoms with Crippen LogP contribution in [-0.4, -0.2) is 6.04 Å². The standard InChI is InChI=1S/C3H7NO.CH4/c1-3(2)4-5;/h3H,1-2H3;1H4. The highest BCUT2D eigenvalue weighted by molar-refractivity contribution is 4.43. The second-order valence-electron chi connectivity index (χ2n) is 1.20. The summed E-state index contributed by atoms with van der Waals surface area (Å²) < 4.78 is 0. The van der Waals surface area contributed by atoms with Crippen molar-refractivity contribution in [1.82, 2.24) is 0 Å². The third-order valence-electron chi connectivity index (χ3n) is 0.211. The first-order chi connectivity index (χ1) is 2.27. The predicted octanol–water partition coefficient (Wildman–Crippen LogP) is 1.80. The summed E-state index contributed by atoms with van der Waals surface area (Å²) in [6.45, 7) is 3.49. The molecule has 38 valence electrons. The molecule has 0 heterocycles. The van der Waals surface area contributed by atoms with Crippen molar-refractivity contribution in [2.24, 2.45) is 5.18 Å². The van der Waals surface area contributed by atoms with Crippen molar-refractivity contribution in [3.63, 3.8) is 0 Å². The van der Waals surface area contributed by atoms with Gasteiger partial charge in [-0.15, -0.1) is 0 Å². The third-order valence-corrected chi connectivity index (χ3v) is 0.211. The topological polar surface area (TPSA) is 29.4 Å². The molecule has 6 heavy (non-hydrogen) atoms. The molecule has 0 saturated heterocycles. The molecule has 0 aliphatic heterocycles. The summed E-state index contributed by atoms with van der Waals surface area (Å²) in [6.07, 6.45) is 0. The van der Waals surface area contributed by atoms with Crippen molar-refractivity contribution >= 4 is 0 Å². The number of hydrogen-bond acceptors (Lipinski definition) is 2. The van der Waals surface area contributed by atoms with E-state index in [0.29, 0.717) is 0 Å². The van der Waals surface area contributed by atoms with Crippen LogP contribution in [0.3, 0.4) is 0 Å². The molecule has 0 aromatic rings. The SMILES string of the molecule is C.CC(C)N=O. The van der Waals surface area contributed by atoms with Gasteiger partial charge in [-0.2, -0.15) is 4.91 Å². The molecule has 0 aromatic heterocycles. The van der Waals surface area contributed by atoms with Gasteiger partial charge in [0.1, 0.15) is 0 Å². The summed E-state index contributed by atoms with van der Waals surface area (Å²) in [5.74, 6) is 0. The van der Waals surface area contributed by atoms with E-state index < -0.39 is 0 Å². The Morgan fingerprint density at radius 3 is 1.67 bits per heavy atom. The van der Waals surface area contributed by atoms with Gasteiger partial charge in [0.25, 0.3) is 0 Å². The molecule has 0 aliphatic carbocycles. The van der Waals surface area contributed by atoms with Crippen LogP contribution in [0, 0.1) is 4.91 Å². The number of nitrogens with zero attached hydrogens (tertiary/aromatic N) is 1. The molecule has 0 fully saturated rings. The van der Waals surface area contributed by atoms with Gasteiger partial charge in [-0.1, -0.05) is 12.6 Å². The summed E-state index contributed by atoms with van der Waals surface area (Å²) in [4.78, 5) is 9.25. The van der Waals surface area contributed by atoms with E-state index in [9.17, 15) is 4.91 Å². The van der Waals surface area contributed by atoms with Gasteiger partial charge in [-0.05, 0) is 13.8 Å². The predicted molar refractivity (Wildman–Crippen MR) is 27.7 cm³/mol. The van der Waals surface area contributed by atoms with Crippen LogP contribution in [0.4, 0.5) is 0 Å². The zero-order valence-electron chi connectivity index (χ0n) is 3.43. The zero-order valence-corrected chi connectivity index (χ0v) is 3.43. The van der Waals surface area contributed by atoms with E-state index >= 15 is 0 Å². The van der Waals surface area contributed by atoms with Gasteiger partial charge >= 0.3 is 0 Å². The molecule has 0 bridgehead atoms. The van der Waals surface area contributed by atoms with E-state index in [-0.39, 0.29) is 13.5 Å². The van der Waals surface area contributed by atoms with Crippen LogP contribution in [0.5, 0.6) is 0 Å². The lowest BCUT2D eigenvalue weighted by Crippen LogP contribution is -1.81. The Hall–Kier alpha value is -0.400. The van der Waals surface area contributed by atoms with Crippen molar-refractivity contribution < 1.29 is 0 Å². The maximum absolute atomic E-state index is 9.25. The molecule has 0 amide bonds. The molecule has 2 nitrogen and oxygen atoms in total. The number of rotatable bonds is 1. The van der Waals surface area contributed by atoms with Gasteiger partial charge in [0.2, 0.25) is 0 Å². The molecular weight excluding hydrogens is 78.0 g/mol. The lowest BCUT2D eigenvalue weighted by molar-refractivity contribution is 0.827. The fourth-order valence-corrected chi connectivity index (χ4v) is 0. The third kappa shape index (κ3) is 9.51. The molecule has 0 spiro atoms. The number of nitroso groups, excluding NO2 is 1. The summed E-state index contributed by atoms with van der Waals surface area (Å²) in [5.41, 5.74) is 0. The van der Waals surface area contributed by atoms with Gasteiger partial charge in [-0.25, -0.2) is 0 Å². The minimum Gasteiger partial charge on any atom is -0.151 e. The maximum Gasteiger partial charge on any atom is 0.0863 e. The molecule has 0 rings (SSSR count). The largest absolute Gasteiger partial charge is 0.151 e. The van der Waals surface area contributed by atoms with Crippen molar-refractivity contribution in [2.75, 3.05) is 0 Å². The fourth-order valence-electron chi connectivity index (χ4n) is 0. The fraction of sp³-hybridized carbons (Fsp3) is 1.00. The first-order valence-electron chi connectivity index (χ1n) is 1.60. The Balaban J connectivity index is 0. The molecule has 0 aliphatic rings. The second-order valence-corrected chi connectivity index (χ2v) is 1.20. The van der Waals surface area contributed by atoms with E-state index in [4.69, 9.17) is 0 Å². The number of hydrogen-bond donors (Lipinski definition) is 0. The highest BCUT2D eigenvalue weighted by Crippen LogP contribution is 1.78. The molecule has 0 unspecified atom stereocenters. The van der Waals surface area contributed by atoms with Crippen LogP contribution in [0.15, 0.2) is 5.18 Å². The minimum atomic E-state index is -0.0463. The van der Waals surface area contributed by atoms with Gasteiger partial charge in [0.15, 0.2) is 0 Å². The molecule has 0 saturated carbocycles.